The van der Waals surface area contributed by atoms with Gasteiger partial charge in [0, 0.05) is 6.54 Å². The van der Waals surface area contributed by atoms with Crippen LogP contribution < -0.4 is 4.90 Å². The third-order valence-corrected chi connectivity index (χ3v) is 3.63. The van der Waals surface area contributed by atoms with Crippen LogP contribution in [0.25, 0.3) is 0 Å². The molecule has 0 aromatic heterocycles. The zero-order valence-electron chi connectivity index (χ0n) is 12.6. The molecule has 2 nitrogen and oxygen atoms in total. The second-order valence-electron chi connectivity index (χ2n) is 4.77. The van der Waals surface area contributed by atoms with E-state index in [9.17, 15) is 9.18 Å². The molecule has 0 saturated heterocycles. The first-order chi connectivity index (χ1) is 9.06. The fourth-order valence-corrected chi connectivity index (χ4v) is 2.79. The van der Waals surface area contributed by atoms with E-state index in [4.69, 9.17) is 0 Å². The van der Waals surface area contributed by atoms with E-state index >= 15 is 0 Å². The lowest BCUT2D eigenvalue weighted by atomic mass is 9.80. The molecule has 1 aliphatic rings. The van der Waals surface area contributed by atoms with E-state index in [0.29, 0.717) is 12.2 Å². The maximum absolute atomic E-state index is 13.9. The van der Waals surface area contributed by atoms with Gasteiger partial charge < -0.3 is 4.90 Å². The molecule has 1 aromatic carbocycles. The van der Waals surface area contributed by atoms with Crippen LogP contribution in [0.4, 0.5) is 10.1 Å². The Morgan fingerprint density at radius 2 is 1.89 bits per heavy atom. The molecule has 0 N–H and O–H groups in total. The van der Waals surface area contributed by atoms with Crippen LogP contribution in [0.2, 0.25) is 0 Å². The van der Waals surface area contributed by atoms with Gasteiger partial charge >= 0.3 is 0 Å². The average Bonchev–Trinajstić information content (AvgIpc) is 2.63. The number of nitrogens with zero attached hydrogens (tertiary/aromatic N) is 1. The van der Waals surface area contributed by atoms with Gasteiger partial charge in [-0.25, -0.2) is 4.39 Å². The van der Waals surface area contributed by atoms with Gasteiger partial charge in [-0.05, 0) is 31.9 Å². The number of likely N-dealkylation sites (N-methyl/N-ethyl adjacent to an activating group) is 1. The summed E-state index contributed by atoms with van der Waals surface area (Å²) in [6.07, 6.45) is 1.68. The van der Waals surface area contributed by atoms with Crippen molar-refractivity contribution in [2.45, 2.75) is 52.9 Å². The second kappa shape index (κ2) is 6.18. The molecule has 0 bridgehead atoms. The molecule has 1 aliphatic heterocycles. The molecule has 1 unspecified atom stereocenters. The molecule has 0 spiro atoms. The van der Waals surface area contributed by atoms with Crippen LogP contribution in [0, 0.1) is 5.82 Å². The van der Waals surface area contributed by atoms with Crippen LogP contribution >= 0.6 is 0 Å². The Bertz CT molecular complexity index is 458. The summed E-state index contributed by atoms with van der Waals surface area (Å²) in [5.41, 5.74) is 0.768. The summed E-state index contributed by atoms with van der Waals surface area (Å²) in [5, 5.41) is 0. The number of anilines is 1. The number of halogens is 1. The van der Waals surface area contributed by atoms with Crippen molar-refractivity contribution in [3.63, 3.8) is 0 Å². The minimum absolute atomic E-state index is 0.0296. The van der Waals surface area contributed by atoms with Gasteiger partial charge in [0.2, 0.25) is 5.91 Å². The predicted molar refractivity (Wildman–Crippen MR) is 78.0 cm³/mol. The van der Waals surface area contributed by atoms with E-state index in [-0.39, 0.29) is 11.7 Å². The van der Waals surface area contributed by atoms with Crippen molar-refractivity contribution in [1.29, 1.82) is 0 Å². The molecule has 1 aromatic rings. The molecule has 1 heterocycles. The molecule has 106 valence electrons. The second-order valence-corrected chi connectivity index (χ2v) is 4.77. The Morgan fingerprint density at radius 1 is 1.26 bits per heavy atom. The minimum atomic E-state index is -0.553. The summed E-state index contributed by atoms with van der Waals surface area (Å²) in [6, 6.07) is 4.99. The van der Waals surface area contributed by atoms with Crippen molar-refractivity contribution in [2.24, 2.45) is 0 Å². The highest BCUT2D eigenvalue weighted by Crippen LogP contribution is 2.45. The maximum Gasteiger partial charge on any atom is 0.237 e. The van der Waals surface area contributed by atoms with Gasteiger partial charge in [0.1, 0.15) is 5.82 Å². The van der Waals surface area contributed by atoms with E-state index in [1.54, 1.807) is 11.0 Å². The summed E-state index contributed by atoms with van der Waals surface area (Å²) in [4.78, 5) is 14.0. The van der Waals surface area contributed by atoms with Crippen molar-refractivity contribution < 1.29 is 9.18 Å². The third kappa shape index (κ3) is 2.38. The van der Waals surface area contributed by atoms with Crippen molar-refractivity contribution >= 4 is 11.6 Å². The van der Waals surface area contributed by atoms with Crippen LogP contribution in [0.5, 0.6) is 0 Å². The average molecular weight is 265 g/mol. The summed E-state index contributed by atoms with van der Waals surface area (Å²) in [7, 11) is 0. The molecule has 0 aliphatic carbocycles. The van der Waals surface area contributed by atoms with E-state index in [1.165, 1.54) is 6.07 Å². The Kier molecular flexibility index (Phi) is 5.10. The molecular weight excluding hydrogens is 241 g/mol. The Morgan fingerprint density at radius 3 is 2.42 bits per heavy atom. The first-order valence-electron chi connectivity index (χ1n) is 7.17. The normalized spacial score (nSPS) is 20.9. The Balaban J connectivity index is 0.000000861. The number of carbonyl (C=O) groups is 1. The minimum Gasteiger partial charge on any atom is -0.309 e. The lowest BCUT2D eigenvalue weighted by molar-refractivity contribution is -0.122. The Hall–Kier alpha value is -1.38. The van der Waals surface area contributed by atoms with E-state index < -0.39 is 5.41 Å². The van der Waals surface area contributed by atoms with Gasteiger partial charge in [-0.15, -0.1) is 0 Å². The number of benzene rings is 1. The predicted octanol–water partition coefficient (Wildman–Crippen LogP) is 4.28. The molecule has 2 rings (SSSR count). The summed E-state index contributed by atoms with van der Waals surface area (Å²) in [6.45, 7) is 10.4. The van der Waals surface area contributed by atoms with Crippen molar-refractivity contribution in [2.75, 3.05) is 11.4 Å². The van der Waals surface area contributed by atoms with Gasteiger partial charge in [0.15, 0.2) is 0 Å². The van der Waals surface area contributed by atoms with Gasteiger partial charge in [-0.3, -0.25) is 4.79 Å². The van der Waals surface area contributed by atoms with E-state index in [1.807, 2.05) is 40.7 Å². The van der Waals surface area contributed by atoms with Gasteiger partial charge in [0.05, 0.1) is 11.1 Å². The molecule has 1 atom stereocenters. The van der Waals surface area contributed by atoms with E-state index in [0.717, 1.165) is 18.4 Å². The van der Waals surface area contributed by atoms with Crippen molar-refractivity contribution in [3.05, 3.63) is 29.6 Å². The highest BCUT2D eigenvalue weighted by Gasteiger charge is 2.47. The standard InChI is InChI=1S/C14H18FNO.C2H6/c1-4-9-14(3)10-7-6-8-11(15)12(10)16(5-2)13(14)17;1-2/h6-8H,4-5,9H2,1-3H3;1-2H3. The smallest absolute Gasteiger partial charge is 0.237 e. The molecule has 1 amide bonds. The Labute approximate surface area is 115 Å². The zero-order chi connectivity index (χ0) is 14.6. The summed E-state index contributed by atoms with van der Waals surface area (Å²) in [5.74, 6) is -0.264. The topological polar surface area (TPSA) is 20.3 Å². The maximum atomic E-state index is 13.9. The number of carbonyl (C=O) groups excluding carboxylic acids is 1. The third-order valence-electron chi connectivity index (χ3n) is 3.63. The zero-order valence-corrected chi connectivity index (χ0v) is 12.6. The SMILES string of the molecule is CC.CCCC1(C)C(=O)N(CC)c2c(F)cccc21. The summed E-state index contributed by atoms with van der Waals surface area (Å²) >= 11 is 0. The van der Waals surface area contributed by atoms with Crippen LogP contribution in [-0.4, -0.2) is 12.5 Å². The van der Waals surface area contributed by atoms with Crippen LogP contribution in [-0.2, 0) is 10.2 Å². The quantitative estimate of drug-likeness (QED) is 0.799. The molecule has 0 radical (unpaired) electrons. The molecule has 19 heavy (non-hydrogen) atoms. The van der Waals surface area contributed by atoms with Gasteiger partial charge in [0.25, 0.3) is 0 Å². The van der Waals surface area contributed by atoms with Gasteiger partial charge in [-0.2, -0.15) is 0 Å². The van der Waals surface area contributed by atoms with Crippen LogP contribution in [0.1, 0.15) is 53.0 Å². The number of fused-ring (bicyclic) bond motifs is 1. The molecule has 0 saturated carbocycles. The fraction of sp³-hybridized carbons (Fsp3) is 0.562. The van der Waals surface area contributed by atoms with Gasteiger partial charge in [-0.1, -0.05) is 39.3 Å². The highest BCUT2D eigenvalue weighted by atomic mass is 19.1. The largest absolute Gasteiger partial charge is 0.309 e. The van der Waals surface area contributed by atoms with Crippen LogP contribution in [0.3, 0.4) is 0 Å². The number of para-hydroxylation sites is 1. The van der Waals surface area contributed by atoms with E-state index in [2.05, 4.69) is 0 Å². The fourth-order valence-electron chi connectivity index (χ4n) is 2.79. The lowest BCUT2D eigenvalue weighted by Gasteiger charge is -2.23. The number of hydrogen-bond acceptors (Lipinski definition) is 1. The number of hydrogen-bond donors (Lipinski definition) is 0. The van der Waals surface area contributed by atoms with Crippen molar-refractivity contribution in [1.82, 2.24) is 0 Å². The molecular formula is C16H24FNO. The first kappa shape index (κ1) is 15.7. The number of rotatable bonds is 3. The first-order valence-corrected chi connectivity index (χ1v) is 7.17. The van der Waals surface area contributed by atoms with Crippen molar-refractivity contribution in [3.8, 4) is 0 Å². The lowest BCUT2D eigenvalue weighted by Crippen LogP contribution is -2.38. The highest BCUT2D eigenvalue weighted by molar-refractivity contribution is 6.07. The monoisotopic (exact) mass is 265 g/mol. The molecule has 3 heteroatoms. The number of amides is 1. The molecule has 0 fully saturated rings. The summed E-state index contributed by atoms with van der Waals surface area (Å²) < 4.78 is 13.9. The van der Waals surface area contributed by atoms with Crippen LogP contribution in [0.15, 0.2) is 18.2 Å².